The van der Waals surface area contributed by atoms with Crippen LogP contribution < -0.4 is 15.4 Å². The highest BCUT2D eigenvalue weighted by atomic mass is 19.3. The van der Waals surface area contributed by atoms with Crippen LogP contribution in [0.2, 0.25) is 0 Å². The summed E-state index contributed by atoms with van der Waals surface area (Å²) < 4.78 is 38.0. The zero-order valence-corrected chi connectivity index (χ0v) is 16.7. The number of pyridine rings is 1. The number of alkyl halides is 2. The van der Waals surface area contributed by atoms with Crippen LogP contribution in [-0.2, 0) is 17.3 Å². The Kier molecular flexibility index (Phi) is 5.85. The number of hydrogen-bond acceptors (Lipinski definition) is 9. The van der Waals surface area contributed by atoms with Gasteiger partial charge in [-0.25, -0.2) is 15.0 Å². The quantitative estimate of drug-likeness (QED) is 0.593. The lowest BCUT2D eigenvalue weighted by molar-refractivity contribution is -0.114. The summed E-state index contributed by atoms with van der Waals surface area (Å²) in [6, 6.07) is 2.99. The normalized spacial score (nSPS) is 11.3. The van der Waals surface area contributed by atoms with E-state index in [2.05, 4.69) is 35.7 Å². The molecule has 3 aromatic rings. The summed E-state index contributed by atoms with van der Waals surface area (Å²) in [6.07, 6.45) is 1.37. The monoisotopic (exact) mass is 419 g/mol. The Morgan fingerprint density at radius 3 is 2.60 bits per heavy atom. The van der Waals surface area contributed by atoms with E-state index in [1.165, 1.54) is 25.3 Å². The van der Waals surface area contributed by atoms with Crippen molar-refractivity contribution >= 4 is 23.2 Å². The molecule has 3 rings (SSSR count). The molecule has 12 heteroatoms. The van der Waals surface area contributed by atoms with E-state index < -0.39 is 11.7 Å². The van der Waals surface area contributed by atoms with Crippen LogP contribution in [-0.4, -0.2) is 31.0 Å². The summed E-state index contributed by atoms with van der Waals surface area (Å²) in [5, 5.41) is 9.20. The summed E-state index contributed by atoms with van der Waals surface area (Å²) >= 11 is 0. The van der Waals surface area contributed by atoms with Gasteiger partial charge < -0.3 is 19.9 Å². The average molecular weight is 419 g/mol. The van der Waals surface area contributed by atoms with E-state index >= 15 is 0 Å². The first-order valence-corrected chi connectivity index (χ1v) is 8.81. The predicted octanol–water partition coefficient (Wildman–Crippen LogP) is 3.26. The van der Waals surface area contributed by atoms with Gasteiger partial charge in [-0.15, -0.1) is 0 Å². The number of amides is 1. The van der Waals surface area contributed by atoms with Gasteiger partial charge in [-0.2, -0.15) is 13.8 Å². The van der Waals surface area contributed by atoms with Crippen LogP contribution in [0.1, 0.15) is 37.1 Å². The number of ether oxygens (including phenoxy) is 1. The molecule has 0 aliphatic heterocycles. The van der Waals surface area contributed by atoms with Gasteiger partial charge in [0.05, 0.1) is 11.9 Å². The largest absolute Gasteiger partial charge is 0.482 e. The van der Waals surface area contributed by atoms with Crippen LogP contribution >= 0.6 is 0 Å². The summed E-state index contributed by atoms with van der Waals surface area (Å²) in [5.74, 6) is -2.84. The van der Waals surface area contributed by atoms with Gasteiger partial charge in [-0.1, -0.05) is 5.16 Å². The number of aromatic nitrogens is 5. The first-order valence-electron chi connectivity index (χ1n) is 8.81. The van der Waals surface area contributed by atoms with E-state index in [1.807, 2.05) is 0 Å². The maximum atomic E-state index is 13.7. The van der Waals surface area contributed by atoms with Crippen LogP contribution in [0.15, 0.2) is 22.9 Å². The van der Waals surface area contributed by atoms with Crippen molar-refractivity contribution in [3.05, 3.63) is 41.6 Å². The second kappa shape index (κ2) is 8.35. The Labute approximate surface area is 170 Å². The van der Waals surface area contributed by atoms with Crippen LogP contribution in [0, 0.1) is 13.8 Å². The second-order valence-corrected chi connectivity index (χ2v) is 6.50. The molecule has 0 fully saturated rings. The predicted molar refractivity (Wildman–Crippen MR) is 102 cm³/mol. The lowest BCUT2D eigenvalue weighted by atomic mass is 10.3. The van der Waals surface area contributed by atoms with E-state index in [0.29, 0.717) is 30.0 Å². The van der Waals surface area contributed by atoms with Crippen molar-refractivity contribution in [2.75, 3.05) is 10.6 Å². The Hall–Kier alpha value is -3.70. The van der Waals surface area contributed by atoms with Crippen molar-refractivity contribution in [1.82, 2.24) is 25.1 Å². The number of carbonyl (C=O) groups is 1. The molecule has 0 saturated heterocycles. The smallest absolute Gasteiger partial charge is 0.303 e. The van der Waals surface area contributed by atoms with E-state index in [4.69, 9.17) is 9.26 Å². The van der Waals surface area contributed by atoms with E-state index in [9.17, 15) is 13.6 Å². The molecule has 10 nitrogen and oxygen atoms in total. The Bertz CT molecular complexity index is 1070. The molecule has 3 heterocycles. The van der Waals surface area contributed by atoms with E-state index in [-0.39, 0.29) is 29.9 Å². The van der Waals surface area contributed by atoms with Crippen molar-refractivity contribution in [1.29, 1.82) is 0 Å². The lowest BCUT2D eigenvalue weighted by Crippen LogP contribution is -2.14. The minimum atomic E-state index is -3.21. The molecule has 0 aromatic carbocycles. The Balaban J connectivity index is 1.92. The standard InChI is InChI=1S/C18H19F2N7O3/c1-9-5-15(26-17(22-9)18(4,19)20)25-12-6-14(23-10(2)28)21-7-13(12)29-8-16-24-11(3)30-27-16/h5-7H,8H2,1-4H3,(H2,21,22,23,25,26,28). The minimum Gasteiger partial charge on any atom is -0.482 e. The van der Waals surface area contributed by atoms with Crippen molar-refractivity contribution in [2.24, 2.45) is 0 Å². The fraction of sp³-hybridized carbons (Fsp3) is 0.333. The zero-order valence-electron chi connectivity index (χ0n) is 16.7. The van der Waals surface area contributed by atoms with Gasteiger partial charge >= 0.3 is 5.92 Å². The molecule has 0 bridgehead atoms. The zero-order chi connectivity index (χ0) is 21.9. The van der Waals surface area contributed by atoms with Gasteiger partial charge in [0, 0.05) is 38.6 Å². The van der Waals surface area contributed by atoms with Gasteiger partial charge in [-0.05, 0) is 6.92 Å². The maximum Gasteiger partial charge on any atom is 0.303 e. The molecule has 0 saturated carbocycles. The third kappa shape index (κ3) is 5.43. The third-order valence-corrected chi connectivity index (χ3v) is 3.61. The number of hydrogen-bond donors (Lipinski definition) is 2. The van der Waals surface area contributed by atoms with E-state index in [1.54, 1.807) is 13.8 Å². The first kappa shape index (κ1) is 21.0. The summed E-state index contributed by atoms with van der Waals surface area (Å²) in [4.78, 5) is 27.1. The molecule has 0 unspecified atom stereocenters. The Morgan fingerprint density at radius 1 is 1.20 bits per heavy atom. The molecule has 0 atom stereocenters. The van der Waals surface area contributed by atoms with Crippen LogP contribution in [0.5, 0.6) is 5.75 Å². The molecule has 30 heavy (non-hydrogen) atoms. The third-order valence-electron chi connectivity index (χ3n) is 3.61. The molecule has 3 aromatic heterocycles. The van der Waals surface area contributed by atoms with Crippen molar-refractivity contribution < 1.29 is 22.8 Å². The Morgan fingerprint density at radius 2 is 1.97 bits per heavy atom. The maximum absolute atomic E-state index is 13.7. The molecule has 0 aliphatic carbocycles. The number of nitrogens with one attached hydrogen (secondary N) is 2. The summed E-state index contributed by atoms with van der Waals surface area (Å²) in [6.45, 7) is 5.25. The molecule has 0 radical (unpaired) electrons. The van der Waals surface area contributed by atoms with Gasteiger partial charge in [0.2, 0.25) is 23.4 Å². The SMILES string of the molecule is CC(=O)Nc1cc(Nc2cc(C)nc(C(C)(F)F)n2)c(OCc2noc(C)n2)cn1. The highest BCUT2D eigenvalue weighted by molar-refractivity contribution is 5.88. The highest BCUT2D eigenvalue weighted by Gasteiger charge is 2.29. The number of nitrogens with zero attached hydrogens (tertiary/aromatic N) is 5. The average Bonchev–Trinajstić information content (AvgIpc) is 3.04. The fourth-order valence-corrected chi connectivity index (χ4v) is 2.41. The number of carbonyl (C=O) groups excluding carboxylic acids is 1. The molecule has 0 aliphatic rings. The lowest BCUT2D eigenvalue weighted by Gasteiger charge is -2.15. The number of anilines is 3. The number of rotatable bonds is 7. The minimum absolute atomic E-state index is 0.0196. The number of halogens is 2. The van der Waals surface area contributed by atoms with Crippen LogP contribution in [0.3, 0.4) is 0 Å². The molecule has 2 N–H and O–H groups in total. The topological polar surface area (TPSA) is 128 Å². The van der Waals surface area contributed by atoms with Crippen molar-refractivity contribution in [2.45, 2.75) is 40.2 Å². The molecular formula is C18H19F2N7O3. The molecular weight excluding hydrogens is 400 g/mol. The second-order valence-electron chi connectivity index (χ2n) is 6.50. The van der Waals surface area contributed by atoms with Crippen molar-refractivity contribution in [3.63, 3.8) is 0 Å². The fourth-order valence-electron chi connectivity index (χ4n) is 2.41. The van der Waals surface area contributed by atoms with Gasteiger partial charge in [0.25, 0.3) is 0 Å². The highest BCUT2D eigenvalue weighted by Crippen LogP contribution is 2.31. The van der Waals surface area contributed by atoms with Crippen molar-refractivity contribution in [3.8, 4) is 5.75 Å². The van der Waals surface area contributed by atoms with Crippen LogP contribution in [0.4, 0.5) is 26.1 Å². The molecule has 158 valence electrons. The van der Waals surface area contributed by atoms with Gasteiger partial charge in [0.15, 0.2) is 12.4 Å². The summed E-state index contributed by atoms with van der Waals surface area (Å²) in [7, 11) is 0. The molecule has 0 spiro atoms. The van der Waals surface area contributed by atoms with Gasteiger partial charge in [-0.3, -0.25) is 4.79 Å². The number of aryl methyl sites for hydroxylation is 2. The first-order chi connectivity index (χ1) is 14.1. The van der Waals surface area contributed by atoms with E-state index in [0.717, 1.165) is 0 Å². The summed E-state index contributed by atoms with van der Waals surface area (Å²) in [5.41, 5.74) is 0.683. The molecule has 1 amide bonds. The van der Waals surface area contributed by atoms with Gasteiger partial charge in [0.1, 0.15) is 11.6 Å². The van der Waals surface area contributed by atoms with Crippen LogP contribution in [0.25, 0.3) is 0 Å².